The first-order chi connectivity index (χ1) is 12.4. The zero-order valence-electron chi connectivity index (χ0n) is 13.5. The van der Waals surface area contributed by atoms with E-state index in [2.05, 4.69) is 81.7 Å². The van der Waals surface area contributed by atoms with Crippen LogP contribution in [-0.2, 0) is 0 Å². The van der Waals surface area contributed by atoms with E-state index in [1.807, 2.05) is 12.1 Å². The minimum absolute atomic E-state index is 0.746. The Morgan fingerprint density at radius 3 is 2.24 bits per heavy atom. The number of hydrogen-bond donors (Lipinski definition) is 1. The molecule has 2 aromatic heterocycles. The lowest BCUT2D eigenvalue weighted by Gasteiger charge is -2.05. The Kier molecular flexibility index (Phi) is 3.10. The molecule has 0 aliphatic carbocycles. The van der Waals surface area contributed by atoms with Crippen molar-refractivity contribution in [2.45, 2.75) is 0 Å². The summed E-state index contributed by atoms with van der Waals surface area (Å²) < 4.78 is 0. The third kappa shape index (κ3) is 2.46. The van der Waals surface area contributed by atoms with Crippen LogP contribution < -0.4 is 0 Å². The van der Waals surface area contributed by atoms with Crippen molar-refractivity contribution in [1.82, 2.24) is 15.0 Å². The highest BCUT2D eigenvalue weighted by atomic mass is 15.0. The maximum atomic E-state index is 4.56. The zero-order chi connectivity index (χ0) is 16.6. The smallest absolute Gasteiger partial charge is 0.178 e. The molecule has 25 heavy (non-hydrogen) atoms. The summed E-state index contributed by atoms with van der Waals surface area (Å²) >= 11 is 0. The van der Waals surface area contributed by atoms with Crippen molar-refractivity contribution < 1.29 is 0 Å². The minimum atomic E-state index is 0.746. The number of aromatic nitrogens is 3. The Hall–Kier alpha value is -3.46. The Labute approximate surface area is 145 Å². The van der Waals surface area contributed by atoms with Gasteiger partial charge < -0.3 is 4.98 Å². The Morgan fingerprint density at radius 1 is 0.640 bits per heavy atom. The average Bonchev–Trinajstić information content (AvgIpc) is 3.12. The Morgan fingerprint density at radius 2 is 1.40 bits per heavy atom. The van der Waals surface area contributed by atoms with Crippen molar-refractivity contribution >= 4 is 21.9 Å². The number of hydrogen-bond acceptors (Lipinski definition) is 2. The molecule has 3 nitrogen and oxygen atoms in total. The van der Waals surface area contributed by atoms with E-state index in [-0.39, 0.29) is 0 Å². The molecule has 2 heterocycles. The van der Waals surface area contributed by atoms with E-state index in [4.69, 9.17) is 0 Å². The van der Waals surface area contributed by atoms with Gasteiger partial charge in [0, 0.05) is 11.8 Å². The van der Waals surface area contributed by atoms with Crippen LogP contribution in [0.15, 0.2) is 85.1 Å². The van der Waals surface area contributed by atoms with Crippen molar-refractivity contribution in [3.8, 4) is 22.5 Å². The van der Waals surface area contributed by atoms with Gasteiger partial charge in [-0.1, -0.05) is 60.7 Å². The highest BCUT2D eigenvalue weighted by Gasteiger charge is 2.06. The van der Waals surface area contributed by atoms with Crippen LogP contribution in [0.3, 0.4) is 0 Å². The number of nitrogens with one attached hydrogen (secondary N) is 1. The average molecular weight is 321 g/mol. The molecular weight excluding hydrogens is 306 g/mol. The van der Waals surface area contributed by atoms with Crippen LogP contribution in [0, 0.1) is 0 Å². The number of rotatable bonds is 2. The summed E-state index contributed by atoms with van der Waals surface area (Å²) in [5.41, 5.74) is 5.18. The monoisotopic (exact) mass is 321 g/mol. The van der Waals surface area contributed by atoms with Gasteiger partial charge >= 0.3 is 0 Å². The maximum Gasteiger partial charge on any atom is 0.178 e. The van der Waals surface area contributed by atoms with Crippen molar-refractivity contribution in [1.29, 1.82) is 0 Å². The van der Waals surface area contributed by atoms with Gasteiger partial charge in [0.2, 0.25) is 0 Å². The van der Waals surface area contributed by atoms with Gasteiger partial charge in [0.25, 0.3) is 0 Å². The van der Waals surface area contributed by atoms with Gasteiger partial charge in [0.05, 0.1) is 5.52 Å². The molecule has 0 atom stereocenters. The molecule has 0 amide bonds. The maximum absolute atomic E-state index is 4.56. The standard InChI is InChI=1S/C22H15N3/c1-2-5-18-14-19(12-9-15(18)4-1)16-7-10-17(11-8-16)21-24-20-6-3-13-23-22(20)25-21/h1-14H,(H,23,24,25). The molecular formula is C22H15N3. The van der Waals surface area contributed by atoms with Crippen LogP contribution in [0.1, 0.15) is 0 Å². The van der Waals surface area contributed by atoms with Crippen molar-refractivity contribution in [3.05, 3.63) is 85.1 Å². The van der Waals surface area contributed by atoms with Gasteiger partial charge in [-0.3, -0.25) is 0 Å². The second-order valence-corrected chi connectivity index (χ2v) is 6.10. The van der Waals surface area contributed by atoms with E-state index in [1.165, 1.54) is 21.9 Å². The lowest BCUT2D eigenvalue weighted by Crippen LogP contribution is -1.83. The van der Waals surface area contributed by atoms with Gasteiger partial charge in [-0.05, 0) is 40.1 Å². The van der Waals surface area contributed by atoms with Crippen LogP contribution in [0.5, 0.6) is 0 Å². The number of pyridine rings is 1. The van der Waals surface area contributed by atoms with Gasteiger partial charge in [-0.15, -0.1) is 0 Å². The van der Waals surface area contributed by atoms with Crippen LogP contribution in [0.4, 0.5) is 0 Å². The molecule has 3 aromatic carbocycles. The Bertz CT molecular complexity index is 1150. The molecule has 0 unspecified atom stereocenters. The highest BCUT2D eigenvalue weighted by molar-refractivity contribution is 5.87. The zero-order valence-corrected chi connectivity index (χ0v) is 13.5. The minimum Gasteiger partial charge on any atom is -0.337 e. The summed E-state index contributed by atoms with van der Waals surface area (Å²) in [5, 5.41) is 2.52. The first kappa shape index (κ1) is 13.9. The SMILES string of the molecule is c1ccc2cc(-c3ccc(-c4nc5ncccc5[nH]4)cc3)ccc2c1. The normalized spacial score (nSPS) is 11.2. The number of fused-ring (bicyclic) bond motifs is 2. The molecule has 0 aliphatic heterocycles. The van der Waals surface area contributed by atoms with Crippen molar-refractivity contribution in [2.75, 3.05) is 0 Å². The summed E-state index contributed by atoms with van der Waals surface area (Å²) in [5.74, 6) is 0.846. The molecule has 118 valence electrons. The van der Waals surface area contributed by atoms with Crippen LogP contribution in [0.25, 0.3) is 44.5 Å². The van der Waals surface area contributed by atoms with E-state index >= 15 is 0 Å². The third-order valence-electron chi connectivity index (χ3n) is 4.50. The largest absolute Gasteiger partial charge is 0.337 e. The molecule has 1 N–H and O–H groups in total. The summed E-state index contributed by atoms with van der Waals surface area (Å²) in [6.45, 7) is 0. The molecule has 5 aromatic rings. The Balaban J connectivity index is 1.53. The summed E-state index contributed by atoms with van der Waals surface area (Å²) in [6.07, 6.45) is 1.76. The summed E-state index contributed by atoms with van der Waals surface area (Å²) in [4.78, 5) is 12.2. The number of nitrogens with zero attached hydrogens (tertiary/aromatic N) is 2. The summed E-state index contributed by atoms with van der Waals surface area (Å²) in [7, 11) is 0. The second kappa shape index (κ2) is 5.56. The van der Waals surface area contributed by atoms with Crippen LogP contribution >= 0.6 is 0 Å². The predicted molar refractivity (Wildman–Crippen MR) is 102 cm³/mol. The molecule has 0 radical (unpaired) electrons. The highest BCUT2D eigenvalue weighted by Crippen LogP contribution is 2.27. The topological polar surface area (TPSA) is 41.6 Å². The number of imidazole rings is 1. The van der Waals surface area contributed by atoms with E-state index in [1.54, 1.807) is 6.20 Å². The van der Waals surface area contributed by atoms with Crippen LogP contribution in [-0.4, -0.2) is 15.0 Å². The fourth-order valence-corrected chi connectivity index (χ4v) is 3.17. The van der Waals surface area contributed by atoms with Crippen molar-refractivity contribution in [2.24, 2.45) is 0 Å². The van der Waals surface area contributed by atoms with Gasteiger partial charge in [-0.2, -0.15) is 0 Å². The first-order valence-electron chi connectivity index (χ1n) is 8.27. The molecule has 0 aliphatic rings. The van der Waals surface area contributed by atoms with E-state index in [9.17, 15) is 0 Å². The number of H-pyrrole nitrogens is 1. The molecule has 0 bridgehead atoms. The fourth-order valence-electron chi connectivity index (χ4n) is 3.17. The van der Waals surface area contributed by atoms with E-state index in [0.29, 0.717) is 0 Å². The predicted octanol–water partition coefficient (Wildman–Crippen LogP) is 5.45. The van der Waals surface area contributed by atoms with E-state index in [0.717, 1.165) is 22.6 Å². The van der Waals surface area contributed by atoms with Crippen LogP contribution in [0.2, 0.25) is 0 Å². The van der Waals surface area contributed by atoms with Gasteiger partial charge in [-0.25, -0.2) is 9.97 Å². The molecule has 0 fully saturated rings. The second-order valence-electron chi connectivity index (χ2n) is 6.10. The molecule has 0 saturated carbocycles. The van der Waals surface area contributed by atoms with E-state index < -0.39 is 0 Å². The molecule has 0 spiro atoms. The number of aromatic amines is 1. The lowest BCUT2D eigenvalue weighted by molar-refractivity contribution is 1.30. The molecule has 5 rings (SSSR count). The lowest BCUT2D eigenvalue weighted by atomic mass is 10.0. The van der Waals surface area contributed by atoms with Gasteiger partial charge in [0.1, 0.15) is 5.82 Å². The number of benzene rings is 3. The van der Waals surface area contributed by atoms with Gasteiger partial charge in [0.15, 0.2) is 5.65 Å². The molecule has 0 saturated heterocycles. The summed E-state index contributed by atoms with van der Waals surface area (Å²) in [6, 6.07) is 27.4. The quantitative estimate of drug-likeness (QED) is 0.470. The fraction of sp³-hybridized carbons (Fsp3) is 0. The van der Waals surface area contributed by atoms with Crippen molar-refractivity contribution in [3.63, 3.8) is 0 Å². The molecule has 3 heteroatoms. The first-order valence-corrected chi connectivity index (χ1v) is 8.27. The third-order valence-corrected chi connectivity index (χ3v) is 4.50.